The second kappa shape index (κ2) is 9.41. The molecule has 0 saturated heterocycles. The number of amides is 1. The predicted molar refractivity (Wildman–Crippen MR) is 109 cm³/mol. The number of para-hydroxylation sites is 1. The summed E-state index contributed by atoms with van der Waals surface area (Å²) in [5, 5.41) is 2.74. The molecule has 2 rings (SSSR count). The molecule has 0 aromatic heterocycles. The molecule has 6 nitrogen and oxygen atoms in total. The van der Waals surface area contributed by atoms with Crippen LogP contribution in [-0.4, -0.2) is 26.7 Å². The number of carbonyl (C=O) groups is 1. The maximum Gasteiger partial charge on any atom is 0.262 e. The van der Waals surface area contributed by atoms with Crippen LogP contribution in [0.15, 0.2) is 48.5 Å². The molecule has 1 atom stereocenters. The molecule has 2 aromatic rings. The van der Waals surface area contributed by atoms with Crippen molar-refractivity contribution in [2.75, 3.05) is 22.4 Å². The number of sulfonamides is 1. The van der Waals surface area contributed by atoms with E-state index in [0.29, 0.717) is 23.0 Å². The standard InChI is InChI=1S/C20H26N2O4S/c1-4-15(3)18-8-6-7-9-19(18)26-14-20(23)21-16-10-12-17(13-11-16)22-27(24,25)5-2/h6-13,15,22H,4-5,14H2,1-3H3,(H,21,23). The number of hydrogen-bond donors (Lipinski definition) is 2. The highest BCUT2D eigenvalue weighted by atomic mass is 32.2. The molecule has 2 aromatic carbocycles. The first-order valence-corrected chi connectivity index (χ1v) is 10.6. The molecule has 0 aliphatic heterocycles. The number of ether oxygens (including phenoxy) is 1. The third-order valence-electron chi connectivity index (χ3n) is 4.24. The molecule has 1 unspecified atom stereocenters. The van der Waals surface area contributed by atoms with E-state index in [1.54, 1.807) is 31.2 Å². The summed E-state index contributed by atoms with van der Waals surface area (Å²) in [7, 11) is -3.32. The molecule has 0 radical (unpaired) electrons. The Balaban J connectivity index is 1.93. The summed E-state index contributed by atoms with van der Waals surface area (Å²) in [6.07, 6.45) is 0.987. The molecule has 0 bridgehead atoms. The fraction of sp³-hybridized carbons (Fsp3) is 0.350. The molecule has 146 valence electrons. The zero-order chi connectivity index (χ0) is 19.9. The number of carbonyl (C=O) groups excluding carboxylic acids is 1. The van der Waals surface area contributed by atoms with Gasteiger partial charge in [0, 0.05) is 11.4 Å². The van der Waals surface area contributed by atoms with Gasteiger partial charge in [0.2, 0.25) is 10.0 Å². The van der Waals surface area contributed by atoms with Crippen LogP contribution in [-0.2, 0) is 14.8 Å². The molecule has 27 heavy (non-hydrogen) atoms. The summed E-state index contributed by atoms with van der Waals surface area (Å²) in [4.78, 5) is 12.1. The number of benzene rings is 2. The van der Waals surface area contributed by atoms with Crippen LogP contribution in [0.5, 0.6) is 5.75 Å². The summed E-state index contributed by atoms with van der Waals surface area (Å²) < 4.78 is 31.2. The Labute approximate surface area is 161 Å². The van der Waals surface area contributed by atoms with Gasteiger partial charge in [-0.25, -0.2) is 8.42 Å². The molecular weight excluding hydrogens is 364 g/mol. The predicted octanol–water partition coefficient (Wildman–Crippen LogP) is 3.98. The van der Waals surface area contributed by atoms with E-state index in [1.165, 1.54) is 0 Å². The number of rotatable bonds is 9. The topological polar surface area (TPSA) is 84.5 Å². The largest absolute Gasteiger partial charge is 0.483 e. The van der Waals surface area contributed by atoms with Gasteiger partial charge in [-0.3, -0.25) is 9.52 Å². The van der Waals surface area contributed by atoms with Crippen LogP contribution in [0.2, 0.25) is 0 Å². The van der Waals surface area contributed by atoms with Gasteiger partial charge in [-0.2, -0.15) is 0 Å². The van der Waals surface area contributed by atoms with Gasteiger partial charge in [-0.1, -0.05) is 32.0 Å². The lowest BCUT2D eigenvalue weighted by Crippen LogP contribution is -2.20. The van der Waals surface area contributed by atoms with E-state index in [2.05, 4.69) is 23.9 Å². The fourth-order valence-corrected chi connectivity index (χ4v) is 3.09. The van der Waals surface area contributed by atoms with E-state index in [9.17, 15) is 13.2 Å². The molecule has 0 heterocycles. The second-order valence-electron chi connectivity index (χ2n) is 6.27. The highest BCUT2D eigenvalue weighted by Gasteiger charge is 2.11. The maximum absolute atomic E-state index is 12.1. The number of nitrogens with one attached hydrogen (secondary N) is 2. The Kier molecular flexibility index (Phi) is 7.24. The van der Waals surface area contributed by atoms with Gasteiger partial charge in [0.15, 0.2) is 6.61 Å². The van der Waals surface area contributed by atoms with E-state index in [0.717, 1.165) is 12.0 Å². The van der Waals surface area contributed by atoms with Crippen molar-refractivity contribution < 1.29 is 17.9 Å². The van der Waals surface area contributed by atoms with E-state index >= 15 is 0 Å². The Morgan fingerprint density at radius 3 is 2.30 bits per heavy atom. The molecular formula is C20H26N2O4S. The lowest BCUT2D eigenvalue weighted by Gasteiger charge is -2.15. The normalized spacial score (nSPS) is 12.3. The van der Waals surface area contributed by atoms with Crippen molar-refractivity contribution in [1.82, 2.24) is 0 Å². The van der Waals surface area contributed by atoms with Gasteiger partial charge in [0.05, 0.1) is 5.75 Å². The van der Waals surface area contributed by atoms with E-state index in [4.69, 9.17) is 4.74 Å². The van der Waals surface area contributed by atoms with Crippen molar-refractivity contribution in [2.24, 2.45) is 0 Å². The number of anilines is 2. The minimum atomic E-state index is -3.32. The monoisotopic (exact) mass is 390 g/mol. The zero-order valence-electron chi connectivity index (χ0n) is 15.9. The molecule has 7 heteroatoms. The summed E-state index contributed by atoms with van der Waals surface area (Å²) in [6.45, 7) is 5.70. The molecule has 0 aliphatic rings. The van der Waals surface area contributed by atoms with Crippen LogP contribution in [0.3, 0.4) is 0 Å². The van der Waals surface area contributed by atoms with Gasteiger partial charge < -0.3 is 10.1 Å². The molecule has 2 N–H and O–H groups in total. The summed E-state index contributed by atoms with van der Waals surface area (Å²) >= 11 is 0. The second-order valence-corrected chi connectivity index (χ2v) is 8.28. The fourth-order valence-electron chi connectivity index (χ4n) is 2.45. The summed E-state index contributed by atoms with van der Waals surface area (Å²) in [5.41, 5.74) is 2.10. The Morgan fingerprint density at radius 2 is 1.67 bits per heavy atom. The third kappa shape index (κ3) is 6.29. The third-order valence-corrected chi connectivity index (χ3v) is 5.55. The maximum atomic E-state index is 12.1. The molecule has 1 amide bonds. The smallest absolute Gasteiger partial charge is 0.262 e. The first kappa shape index (κ1) is 20.8. The van der Waals surface area contributed by atoms with Gasteiger partial charge in [-0.05, 0) is 55.2 Å². The van der Waals surface area contributed by atoms with E-state index < -0.39 is 10.0 Å². The SMILES string of the molecule is CCC(C)c1ccccc1OCC(=O)Nc1ccc(NS(=O)(=O)CC)cc1. The summed E-state index contributed by atoms with van der Waals surface area (Å²) in [5.74, 6) is 0.784. The zero-order valence-corrected chi connectivity index (χ0v) is 16.7. The van der Waals surface area contributed by atoms with Crippen molar-refractivity contribution in [2.45, 2.75) is 33.1 Å². The quantitative estimate of drug-likeness (QED) is 0.678. The Hall–Kier alpha value is -2.54. The van der Waals surface area contributed by atoms with Crippen LogP contribution < -0.4 is 14.8 Å². The minimum Gasteiger partial charge on any atom is -0.483 e. The first-order valence-electron chi connectivity index (χ1n) is 8.96. The van der Waals surface area contributed by atoms with Crippen molar-refractivity contribution >= 4 is 27.3 Å². The lowest BCUT2D eigenvalue weighted by atomic mass is 9.98. The van der Waals surface area contributed by atoms with Crippen molar-refractivity contribution in [3.8, 4) is 5.75 Å². The first-order chi connectivity index (χ1) is 12.8. The van der Waals surface area contributed by atoms with E-state index in [1.807, 2.05) is 24.3 Å². The average Bonchev–Trinajstić information content (AvgIpc) is 2.67. The average molecular weight is 391 g/mol. The Morgan fingerprint density at radius 1 is 1.04 bits per heavy atom. The Bertz CT molecular complexity index is 864. The highest BCUT2D eigenvalue weighted by molar-refractivity contribution is 7.92. The number of hydrogen-bond acceptors (Lipinski definition) is 4. The lowest BCUT2D eigenvalue weighted by molar-refractivity contribution is -0.118. The van der Waals surface area contributed by atoms with Crippen molar-refractivity contribution in [3.63, 3.8) is 0 Å². The van der Waals surface area contributed by atoms with Crippen LogP contribution in [0.1, 0.15) is 38.7 Å². The van der Waals surface area contributed by atoms with Gasteiger partial charge in [0.25, 0.3) is 5.91 Å². The van der Waals surface area contributed by atoms with Crippen molar-refractivity contribution in [3.05, 3.63) is 54.1 Å². The van der Waals surface area contributed by atoms with Gasteiger partial charge >= 0.3 is 0 Å². The van der Waals surface area contributed by atoms with Crippen LogP contribution in [0.4, 0.5) is 11.4 Å². The van der Waals surface area contributed by atoms with Crippen LogP contribution >= 0.6 is 0 Å². The van der Waals surface area contributed by atoms with Crippen LogP contribution in [0.25, 0.3) is 0 Å². The molecule has 0 aliphatic carbocycles. The van der Waals surface area contributed by atoms with Crippen LogP contribution in [0, 0.1) is 0 Å². The summed E-state index contributed by atoms with van der Waals surface area (Å²) in [6, 6.07) is 14.2. The molecule has 0 saturated carbocycles. The van der Waals surface area contributed by atoms with Gasteiger partial charge in [-0.15, -0.1) is 0 Å². The van der Waals surface area contributed by atoms with Gasteiger partial charge in [0.1, 0.15) is 5.75 Å². The molecule has 0 spiro atoms. The minimum absolute atomic E-state index is 0.000941. The van der Waals surface area contributed by atoms with Crippen molar-refractivity contribution in [1.29, 1.82) is 0 Å². The molecule has 0 fully saturated rings. The highest BCUT2D eigenvalue weighted by Crippen LogP contribution is 2.28. The van der Waals surface area contributed by atoms with E-state index in [-0.39, 0.29) is 18.3 Å².